The molecule has 0 aliphatic carbocycles. The SMILES string of the molecule is COc1ccccc1OCC(=O)NN=Cc1ccc(-c2ccc([N+](=O)[O-])cc2)o1. The lowest BCUT2D eigenvalue weighted by Crippen LogP contribution is -2.24. The molecule has 2 aromatic carbocycles. The second-order valence-electron chi connectivity index (χ2n) is 5.74. The first kappa shape index (κ1) is 19.6. The Morgan fingerprint density at radius 1 is 1.14 bits per heavy atom. The molecule has 0 bridgehead atoms. The molecular weight excluding hydrogens is 378 g/mol. The highest BCUT2D eigenvalue weighted by Crippen LogP contribution is 2.25. The van der Waals surface area contributed by atoms with Crippen LogP contribution in [0.2, 0.25) is 0 Å². The van der Waals surface area contributed by atoms with Crippen LogP contribution in [0.4, 0.5) is 5.69 Å². The fourth-order valence-corrected chi connectivity index (χ4v) is 2.41. The highest BCUT2D eigenvalue weighted by atomic mass is 16.6. The summed E-state index contributed by atoms with van der Waals surface area (Å²) in [5.74, 6) is 1.46. The minimum Gasteiger partial charge on any atom is -0.493 e. The van der Waals surface area contributed by atoms with Crippen LogP contribution in [0.5, 0.6) is 11.5 Å². The predicted molar refractivity (Wildman–Crippen MR) is 105 cm³/mol. The van der Waals surface area contributed by atoms with Gasteiger partial charge in [0.15, 0.2) is 18.1 Å². The number of amides is 1. The average Bonchev–Trinajstić information content (AvgIpc) is 3.21. The van der Waals surface area contributed by atoms with E-state index >= 15 is 0 Å². The number of nitro groups is 1. The molecule has 29 heavy (non-hydrogen) atoms. The number of para-hydroxylation sites is 2. The summed E-state index contributed by atoms with van der Waals surface area (Å²) in [6.45, 7) is -0.232. The normalized spacial score (nSPS) is 10.7. The van der Waals surface area contributed by atoms with Crippen LogP contribution >= 0.6 is 0 Å². The Hall–Kier alpha value is -4.14. The van der Waals surface area contributed by atoms with Crippen LogP contribution in [0.25, 0.3) is 11.3 Å². The number of non-ortho nitro benzene ring substituents is 1. The van der Waals surface area contributed by atoms with Crippen molar-refractivity contribution < 1.29 is 23.6 Å². The summed E-state index contributed by atoms with van der Waals surface area (Å²) >= 11 is 0. The number of hydrogen-bond acceptors (Lipinski definition) is 7. The van der Waals surface area contributed by atoms with E-state index in [0.29, 0.717) is 28.6 Å². The molecular formula is C20H17N3O6. The molecule has 9 nitrogen and oxygen atoms in total. The molecule has 3 aromatic rings. The Morgan fingerprint density at radius 3 is 2.55 bits per heavy atom. The number of hydrogen-bond donors (Lipinski definition) is 1. The van der Waals surface area contributed by atoms with E-state index in [1.165, 1.54) is 25.5 Å². The number of carbonyl (C=O) groups excluding carboxylic acids is 1. The van der Waals surface area contributed by atoms with Gasteiger partial charge in [0.25, 0.3) is 11.6 Å². The third-order valence-corrected chi connectivity index (χ3v) is 3.80. The summed E-state index contributed by atoms with van der Waals surface area (Å²) in [6, 6.07) is 16.3. The van der Waals surface area contributed by atoms with E-state index in [9.17, 15) is 14.9 Å². The fraction of sp³-hybridized carbons (Fsp3) is 0.100. The number of nitrogens with one attached hydrogen (secondary N) is 1. The number of carbonyl (C=O) groups is 1. The molecule has 0 unspecified atom stereocenters. The molecule has 0 radical (unpaired) electrons. The summed E-state index contributed by atoms with van der Waals surface area (Å²) < 4.78 is 16.1. The van der Waals surface area contributed by atoms with Crippen molar-refractivity contribution in [3.05, 3.63) is 76.5 Å². The summed E-state index contributed by atoms with van der Waals surface area (Å²) in [6.07, 6.45) is 1.34. The van der Waals surface area contributed by atoms with Gasteiger partial charge in [0.2, 0.25) is 0 Å². The lowest BCUT2D eigenvalue weighted by molar-refractivity contribution is -0.384. The first-order valence-corrected chi connectivity index (χ1v) is 8.49. The zero-order valence-corrected chi connectivity index (χ0v) is 15.4. The molecule has 1 N–H and O–H groups in total. The molecule has 3 rings (SSSR count). The van der Waals surface area contributed by atoms with E-state index in [1.807, 2.05) is 0 Å². The van der Waals surface area contributed by atoms with Crippen molar-refractivity contribution in [2.75, 3.05) is 13.7 Å². The standard InChI is InChI=1S/C20H17N3O6/c1-27-18-4-2-3-5-19(18)28-13-20(24)22-21-12-16-10-11-17(29-16)14-6-8-15(9-7-14)23(25)26/h2-12H,13H2,1H3,(H,22,24). The second-order valence-corrected chi connectivity index (χ2v) is 5.74. The Labute approximate surface area is 165 Å². The highest BCUT2D eigenvalue weighted by Gasteiger charge is 2.08. The van der Waals surface area contributed by atoms with Crippen molar-refractivity contribution in [1.29, 1.82) is 0 Å². The summed E-state index contributed by atoms with van der Waals surface area (Å²) in [7, 11) is 1.51. The number of rotatable bonds is 8. The number of benzene rings is 2. The van der Waals surface area contributed by atoms with Gasteiger partial charge in [-0.25, -0.2) is 5.43 Å². The molecule has 1 aromatic heterocycles. The Bertz CT molecular complexity index is 1030. The summed E-state index contributed by atoms with van der Waals surface area (Å²) in [5, 5.41) is 14.5. The van der Waals surface area contributed by atoms with Crippen LogP contribution in [0.15, 0.2) is 70.2 Å². The molecule has 1 amide bonds. The Kier molecular flexibility index (Phi) is 6.21. The van der Waals surface area contributed by atoms with Gasteiger partial charge in [-0.2, -0.15) is 5.10 Å². The minimum absolute atomic E-state index is 0.000135. The molecule has 0 saturated carbocycles. The quantitative estimate of drug-likeness (QED) is 0.355. The second kappa shape index (κ2) is 9.18. The van der Waals surface area contributed by atoms with Gasteiger partial charge in [0, 0.05) is 17.7 Å². The van der Waals surface area contributed by atoms with E-state index in [-0.39, 0.29) is 12.3 Å². The van der Waals surface area contributed by atoms with Crippen molar-refractivity contribution in [2.45, 2.75) is 0 Å². The Balaban J connectivity index is 1.53. The lowest BCUT2D eigenvalue weighted by Gasteiger charge is -2.08. The number of nitrogens with zero attached hydrogens (tertiary/aromatic N) is 2. The molecule has 0 fully saturated rings. The van der Waals surface area contributed by atoms with Crippen LogP contribution in [0.3, 0.4) is 0 Å². The Morgan fingerprint density at radius 2 is 1.86 bits per heavy atom. The van der Waals surface area contributed by atoms with Gasteiger partial charge < -0.3 is 13.9 Å². The smallest absolute Gasteiger partial charge is 0.277 e. The largest absolute Gasteiger partial charge is 0.493 e. The van der Waals surface area contributed by atoms with Crippen molar-refractivity contribution in [1.82, 2.24) is 5.43 Å². The monoisotopic (exact) mass is 395 g/mol. The predicted octanol–water partition coefficient (Wildman–Crippen LogP) is 3.39. The third kappa shape index (κ3) is 5.19. The van der Waals surface area contributed by atoms with Crippen LogP contribution < -0.4 is 14.9 Å². The maximum Gasteiger partial charge on any atom is 0.277 e. The van der Waals surface area contributed by atoms with Crippen LogP contribution in [-0.4, -0.2) is 30.8 Å². The molecule has 0 spiro atoms. The maximum absolute atomic E-state index is 11.8. The molecule has 1 heterocycles. The molecule has 148 valence electrons. The topological polar surface area (TPSA) is 116 Å². The molecule has 0 aliphatic rings. The molecule has 0 aliphatic heterocycles. The lowest BCUT2D eigenvalue weighted by atomic mass is 10.1. The minimum atomic E-state index is -0.468. The molecule has 9 heteroatoms. The highest BCUT2D eigenvalue weighted by molar-refractivity contribution is 5.81. The van der Waals surface area contributed by atoms with Gasteiger partial charge in [-0.05, 0) is 36.4 Å². The van der Waals surface area contributed by atoms with Crippen LogP contribution in [0.1, 0.15) is 5.76 Å². The zero-order valence-electron chi connectivity index (χ0n) is 15.4. The number of hydrazone groups is 1. The molecule has 0 saturated heterocycles. The van der Waals surface area contributed by atoms with Crippen molar-refractivity contribution in [3.63, 3.8) is 0 Å². The van der Waals surface area contributed by atoms with E-state index < -0.39 is 10.8 Å². The number of methoxy groups -OCH3 is 1. The van der Waals surface area contributed by atoms with E-state index in [0.717, 1.165) is 0 Å². The first-order valence-electron chi connectivity index (χ1n) is 8.49. The van der Waals surface area contributed by atoms with Gasteiger partial charge in [-0.3, -0.25) is 14.9 Å². The van der Waals surface area contributed by atoms with Crippen molar-refractivity contribution in [2.24, 2.45) is 5.10 Å². The maximum atomic E-state index is 11.8. The average molecular weight is 395 g/mol. The van der Waals surface area contributed by atoms with Crippen LogP contribution in [0, 0.1) is 10.1 Å². The van der Waals surface area contributed by atoms with E-state index in [1.54, 1.807) is 48.5 Å². The summed E-state index contributed by atoms with van der Waals surface area (Å²) in [4.78, 5) is 22.1. The van der Waals surface area contributed by atoms with Gasteiger partial charge in [-0.1, -0.05) is 12.1 Å². The fourth-order valence-electron chi connectivity index (χ4n) is 2.41. The van der Waals surface area contributed by atoms with Crippen molar-refractivity contribution in [3.8, 4) is 22.8 Å². The van der Waals surface area contributed by atoms with Gasteiger partial charge in [-0.15, -0.1) is 0 Å². The molecule has 0 atom stereocenters. The van der Waals surface area contributed by atoms with Crippen LogP contribution in [-0.2, 0) is 4.79 Å². The number of furan rings is 1. The van der Waals surface area contributed by atoms with Crippen molar-refractivity contribution >= 4 is 17.8 Å². The van der Waals surface area contributed by atoms with Gasteiger partial charge in [0.05, 0.1) is 18.2 Å². The third-order valence-electron chi connectivity index (χ3n) is 3.80. The zero-order chi connectivity index (χ0) is 20.6. The van der Waals surface area contributed by atoms with Gasteiger partial charge >= 0.3 is 0 Å². The van der Waals surface area contributed by atoms with E-state index in [4.69, 9.17) is 13.9 Å². The first-order chi connectivity index (χ1) is 14.1. The van der Waals surface area contributed by atoms with Gasteiger partial charge in [0.1, 0.15) is 11.5 Å². The number of nitro benzene ring substituents is 1. The number of ether oxygens (including phenoxy) is 2. The summed E-state index contributed by atoms with van der Waals surface area (Å²) in [5.41, 5.74) is 3.02. The van der Waals surface area contributed by atoms with E-state index in [2.05, 4.69) is 10.5 Å².